The van der Waals surface area contributed by atoms with Crippen molar-refractivity contribution in [3.05, 3.63) is 51.5 Å². The molecule has 10 heteroatoms. The summed E-state index contributed by atoms with van der Waals surface area (Å²) >= 11 is 9.63. The number of carbonyl (C=O) groups excluding carboxylic acids is 1. The van der Waals surface area contributed by atoms with E-state index in [0.29, 0.717) is 16.4 Å². The molecule has 1 N–H and O–H groups in total. The zero-order chi connectivity index (χ0) is 18.9. The average Bonchev–Trinajstić information content (AvgIpc) is 3.11. The molecule has 0 saturated carbocycles. The number of halogens is 1. The number of thiocarbonyl (C=S) groups is 1. The molecule has 0 aliphatic carbocycles. The maximum absolute atomic E-state index is 12.4. The van der Waals surface area contributed by atoms with Crippen molar-refractivity contribution >= 4 is 66.3 Å². The number of amides is 1. The van der Waals surface area contributed by atoms with Crippen LogP contribution in [0, 0.1) is 0 Å². The lowest BCUT2D eigenvalue weighted by molar-refractivity contribution is -0.121. The standard InChI is InChI=1S/C16H12BrNO5S3/c17-12-4-2-1-3-11(12)13-6-5-10(23-13)9-14-15(19)18(16(24)25-14)7-8-26(20,21)22/h1-6,9H,7-8H2,(H,20,21,22)/b14-9-. The molecule has 0 unspecified atom stereocenters. The van der Waals surface area contributed by atoms with E-state index in [0.717, 1.165) is 26.7 Å². The molecule has 2 heterocycles. The molecule has 0 radical (unpaired) electrons. The van der Waals surface area contributed by atoms with Crippen LogP contribution in [0.4, 0.5) is 0 Å². The Labute approximate surface area is 168 Å². The Bertz CT molecular complexity index is 1010. The number of carbonyl (C=O) groups is 1. The number of furan rings is 1. The summed E-state index contributed by atoms with van der Waals surface area (Å²) in [6.45, 7) is -0.193. The molecule has 1 aliphatic rings. The van der Waals surface area contributed by atoms with Crippen molar-refractivity contribution in [3.8, 4) is 11.3 Å². The van der Waals surface area contributed by atoms with Crippen LogP contribution in [0.25, 0.3) is 17.4 Å². The number of hydrogen-bond acceptors (Lipinski definition) is 6. The van der Waals surface area contributed by atoms with Gasteiger partial charge in [0.15, 0.2) is 0 Å². The number of hydrogen-bond donors (Lipinski definition) is 1. The predicted molar refractivity (Wildman–Crippen MR) is 108 cm³/mol. The zero-order valence-electron chi connectivity index (χ0n) is 13.1. The van der Waals surface area contributed by atoms with Crippen LogP contribution in [-0.2, 0) is 14.9 Å². The molecule has 136 valence electrons. The Morgan fingerprint density at radius 2 is 2.00 bits per heavy atom. The lowest BCUT2D eigenvalue weighted by Crippen LogP contribution is -2.32. The van der Waals surface area contributed by atoms with Gasteiger partial charge in [0, 0.05) is 22.7 Å². The van der Waals surface area contributed by atoms with Crippen molar-refractivity contribution in [1.82, 2.24) is 4.90 Å². The third-order valence-corrected chi connectivity index (χ3v) is 6.25. The van der Waals surface area contributed by atoms with Gasteiger partial charge in [0.25, 0.3) is 16.0 Å². The number of nitrogens with zero attached hydrogens (tertiary/aromatic N) is 1. The first-order chi connectivity index (χ1) is 12.2. The quantitative estimate of drug-likeness (QED) is 0.401. The van der Waals surface area contributed by atoms with Crippen molar-refractivity contribution in [2.75, 3.05) is 12.3 Å². The molecular formula is C16H12BrNO5S3. The molecule has 3 rings (SSSR count). The first kappa shape index (κ1) is 19.3. The Kier molecular flexibility index (Phi) is 5.68. The van der Waals surface area contributed by atoms with Gasteiger partial charge in [0.05, 0.1) is 10.7 Å². The predicted octanol–water partition coefficient (Wildman–Crippen LogP) is 3.80. The van der Waals surface area contributed by atoms with Crippen molar-refractivity contribution in [2.45, 2.75) is 0 Å². The van der Waals surface area contributed by atoms with Crippen LogP contribution in [0.1, 0.15) is 5.76 Å². The van der Waals surface area contributed by atoms with Crippen molar-refractivity contribution in [1.29, 1.82) is 0 Å². The van der Waals surface area contributed by atoms with Crippen molar-refractivity contribution in [2.24, 2.45) is 0 Å². The van der Waals surface area contributed by atoms with E-state index >= 15 is 0 Å². The lowest BCUT2D eigenvalue weighted by Gasteiger charge is -2.12. The van der Waals surface area contributed by atoms with E-state index in [1.54, 1.807) is 18.2 Å². The van der Waals surface area contributed by atoms with Gasteiger partial charge in [0.1, 0.15) is 15.8 Å². The summed E-state index contributed by atoms with van der Waals surface area (Å²) in [5.41, 5.74) is 0.882. The first-order valence-corrected chi connectivity index (χ1v) is 10.9. The van der Waals surface area contributed by atoms with Crippen LogP contribution in [-0.4, -0.2) is 40.4 Å². The maximum Gasteiger partial charge on any atom is 0.266 e. The highest BCUT2D eigenvalue weighted by Gasteiger charge is 2.32. The van der Waals surface area contributed by atoms with Gasteiger partial charge >= 0.3 is 0 Å². The van der Waals surface area contributed by atoms with E-state index in [-0.39, 0.29) is 10.9 Å². The highest BCUT2D eigenvalue weighted by atomic mass is 79.9. The van der Waals surface area contributed by atoms with Crippen molar-refractivity contribution in [3.63, 3.8) is 0 Å². The van der Waals surface area contributed by atoms with E-state index in [1.165, 1.54) is 0 Å². The van der Waals surface area contributed by atoms with Crippen LogP contribution >= 0.6 is 39.9 Å². The second kappa shape index (κ2) is 7.65. The Morgan fingerprint density at radius 3 is 2.69 bits per heavy atom. The molecular weight excluding hydrogens is 462 g/mol. The Balaban J connectivity index is 1.80. The van der Waals surface area contributed by atoms with E-state index in [9.17, 15) is 13.2 Å². The molecule has 1 amide bonds. The van der Waals surface area contributed by atoms with Crippen LogP contribution in [0.3, 0.4) is 0 Å². The largest absolute Gasteiger partial charge is 0.457 e. The molecule has 2 aromatic rings. The van der Waals surface area contributed by atoms with Gasteiger partial charge in [-0.15, -0.1) is 0 Å². The molecule has 1 aliphatic heterocycles. The van der Waals surface area contributed by atoms with Gasteiger partial charge < -0.3 is 4.42 Å². The lowest BCUT2D eigenvalue weighted by atomic mass is 10.2. The first-order valence-electron chi connectivity index (χ1n) is 7.30. The fraction of sp³-hybridized carbons (Fsp3) is 0.125. The zero-order valence-corrected chi connectivity index (χ0v) is 17.1. The highest BCUT2D eigenvalue weighted by Crippen LogP contribution is 2.34. The van der Waals surface area contributed by atoms with Crippen molar-refractivity contribution < 1.29 is 22.2 Å². The molecule has 1 fully saturated rings. The molecule has 0 spiro atoms. The maximum atomic E-state index is 12.4. The summed E-state index contributed by atoms with van der Waals surface area (Å²) in [5, 5.41) is 0. The van der Waals surface area contributed by atoms with Gasteiger partial charge in [-0.05, 0) is 18.2 Å². The van der Waals surface area contributed by atoms with E-state index < -0.39 is 21.8 Å². The van der Waals surface area contributed by atoms with Gasteiger partial charge in [0.2, 0.25) is 0 Å². The topological polar surface area (TPSA) is 87.8 Å². The van der Waals surface area contributed by atoms with Gasteiger partial charge in [-0.1, -0.05) is 58.1 Å². The monoisotopic (exact) mass is 473 g/mol. The van der Waals surface area contributed by atoms with E-state index in [4.69, 9.17) is 21.2 Å². The van der Waals surface area contributed by atoms with Crippen LogP contribution in [0.5, 0.6) is 0 Å². The Hall–Kier alpha value is -1.46. The summed E-state index contributed by atoms with van der Waals surface area (Å²) in [4.78, 5) is 13.9. The number of thioether (sulfide) groups is 1. The van der Waals surface area contributed by atoms with Gasteiger partial charge in [-0.25, -0.2) is 0 Å². The fourth-order valence-corrected chi connectivity index (χ4v) is 4.45. The molecule has 0 atom stereocenters. The molecule has 0 bridgehead atoms. The van der Waals surface area contributed by atoms with E-state index in [2.05, 4.69) is 15.9 Å². The SMILES string of the molecule is O=C1/C(=C/c2ccc(-c3ccccc3Br)o2)SC(=S)N1CCS(=O)(=O)O. The fourth-order valence-electron chi connectivity index (χ4n) is 2.26. The number of benzene rings is 1. The molecule has 1 aromatic carbocycles. The van der Waals surface area contributed by atoms with Crippen LogP contribution in [0.2, 0.25) is 0 Å². The second-order valence-electron chi connectivity index (χ2n) is 5.30. The molecule has 6 nitrogen and oxygen atoms in total. The second-order valence-corrected chi connectivity index (χ2v) is 9.40. The third kappa shape index (κ3) is 4.44. The Morgan fingerprint density at radius 1 is 1.27 bits per heavy atom. The summed E-state index contributed by atoms with van der Waals surface area (Å²) in [6.07, 6.45) is 1.56. The molecule has 26 heavy (non-hydrogen) atoms. The smallest absolute Gasteiger partial charge is 0.266 e. The van der Waals surface area contributed by atoms with Gasteiger partial charge in [-0.2, -0.15) is 8.42 Å². The average molecular weight is 474 g/mol. The summed E-state index contributed by atoms with van der Waals surface area (Å²) in [5.74, 6) is 0.138. The van der Waals surface area contributed by atoms with Crippen LogP contribution in [0.15, 0.2) is 50.2 Å². The minimum atomic E-state index is -4.17. The van der Waals surface area contributed by atoms with Gasteiger partial charge in [-0.3, -0.25) is 14.2 Å². The molecule has 1 aromatic heterocycles. The highest BCUT2D eigenvalue weighted by molar-refractivity contribution is 9.10. The normalized spacial score (nSPS) is 16.7. The minimum absolute atomic E-state index is 0.193. The third-order valence-electron chi connectivity index (χ3n) is 3.49. The number of rotatable bonds is 5. The molecule has 1 saturated heterocycles. The minimum Gasteiger partial charge on any atom is -0.457 e. The van der Waals surface area contributed by atoms with Crippen LogP contribution < -0.4 is 0 Å². The summed E-state index contributed by atoms with van der Waals surface area (Å²) in [7, 11) is -4.17. The van der Waals surface area contributed by atoms with E-state index in [1.807, 2.05) is 24.3 Å². The summed E-state index contributed by atoms with van der Waals surface area (Å²) in [6, 6.07) is 11.1. The summed E-state index contributed by atoms with van der Waals surface area (Å²) < 4.78 is 37.5.